The average Bonchev–Trinajstić information content (AvgIpc) is 2.76. The van der Waals surface area contributed by atoms with Gasteiger partial charge in [-0.05, 0) is 59.3 Å². The molecule has 18 heavy (non-hydrogen) atoms. The molecule has 0 fully saturated rings. The Bertz CT molecular complexity index is 505. The lowest BCUT2D eigenvalue weighted by Crippen LogP contribution is -2.09. The average molecular weight is 309 g/mol. The molecule has 1 heterocycles. The highest BCUT2D eigenvalue weighted by atomic mass is 79.9. The van der Waals surface area contributed by atoms with Crippen molar-refractivity contribution in [2.45, 2.75) is 13.0 Å². The lowest BCUT2D eigenvalue weighted by molar-refractivity contribution is 0.471. The number of hydrogen-bond donors (Lipinski definition) is 1. The van der Waals surface area contributed by atoms with Crippen LogP contribution < -0.4 is 10.2 Å². The molecule has 0 saturated carbocycles. The molecule has 0 saturated heterocycles. The highest BCUT2D eigenvalue weighted by Crippen LogP contribution is 2.24. The molecule has 0 amide bonds. The van der Waals surface area contributed by atoms with E-state index in [1.54, 1.807) is 0 Å². The van der Waals surface area contributed by atoms with Crippen LogP contribution in [0.4, 0.5) is 11.4 Å². The summed E-state index contributed by atoms with van der Waals surface area (Å²) < 4.78 is 6.28. The van der Waals surface area contributed by atoms with E-state index in [1.165, 1.54) is 5.69 Å². The van der Waals surface area contributed by atoms with Crippen molar-refractivity contribution in [2.75, 3.05) is 24.3 Å². The summed E-state index contributed by atoms with van der Waals surface area (Å²) in [4.78, 5) is 2.08. The molecular weight excluding hydrogens is 292 g/mol. The van der Waals surface area contributed by atoms with Crippen molar-refractivity contribution in [1.29, 1.82) is 0 Å². The van der Waals surface area contributed by atoms with Gasteiger partial charge in [0.1, 0.15) is 5.76 Å². The molecule has 0 bridgehead atoms. The molecule has 1 aromatic carbocycles. The first-order chi connectivity index (χ1) is 8.56. The molecule has 2 rings (SSSR count). The lowest BCUT2D eigenvalue weighted by Gasteiger charge is -2.15. The second-order valence-electron chi connectivity index (χ2n) is 4.45. The van der Waals surface area contributed by atoms with Gasteiger partial charge in [0.05, 0.1) is 6.04 Å². The van der Waals surface area contributed by atoms with E-state index in [9.17, 15) is 0 Å². The molecule has 0 radical (unpaired) electrons. The molecule has 0 spiro atoms. The second-order valence-corrected chi connectivity index (χ2v) is 5.23. The number of rotatable bonds is 4. The zero-order valence-electron chi connectivity index (χ0n) is 10.8. The molecule has 2 aromatic rings. The zero-order valence-corrected chi connectivity index (χ0v) is 12.4. The van der Waals surface area contributed by atoms with Crippen molar-refractivity contribution in [1.82, 2.24) is 0 Å². The van der Waals surface area contributed by atoms with Crippen molar-refractivity contribution >= 4 is 27.3 Å². The summed E-state index contributed by atoms with van der Waals surface area (Å²) >= 11 is 3.31. The molecule has 1 unspecified atom stereocenters. The first kappa shape index (κ1) is 13.0. The number of furan rings is 1. The summed E-state index contributed by atoms with van der Waals surface area (Å²) in [6.07, 6.45) is 0. The number of nitrogens with zero attached hydrogens (tertiary/aromatic N) is 1. The molecule has 0 aliphatic carbocycles. The quantitative estimate of drug-likeness (QED) is 0.913. The highest BCUT2D eigenvalue weighted by molar-refractivity contribution is 9.10. The predicted molar refractivity (Wildman–Crippen MR) is 79.2 cm³/mol. The molecule has 1 N–H and O–H groups in total. The Morgan fingerprint density at radius 3 is 2.28 bits per heavy atom. The SMILES string of the molecule is CC(Nc1ccc(N(C)C)cc1)c1ccc(Br)o1. The highest BCUT2D eigenvalue weighted by Gasteiger charge is 2.09. The molecule has 0 aliphatic heterocycles. The van der Waals surface area contributed by atoms with Crippen molar-refractivity contribution in [3.8, 4) is 0 Å². The first-order valence-electron chi connectivity index (χ1n) is 5.85. The Kier molecular flexibility index (Phi) is 3.97. The topological polar surface area (TPSA) is 28.4 Å². The fourth-order valence-corrected chi connectivity index (χ4v) is 2.06. The van der Waals surface area contributed by atoms with Crippen LogP contribution in [-0.2, 0) is 0 Å². The van der Waals surface area contributed by atoms with Gasteiger partial charge in [0.2, 0.25) is 0 Å². The molecule has 3 nitrogen and oxygen atoms in total. The summed E-state index contributed by atoms with van der Waals surface area (Å²) in [6.45, 7) is 2.07. The predicted octanol–water partition coefficient (Wildman–Crippen LogP) is 4.28. The summed E-state index contributed by atoms with van der Waals surface area (Å²) in [5, 5.41) is 3.40. The lowest BCUT2D eigenvalue weighted by atomic mass is 10.2. The standard InChI is InChI=1S/C14H17BrN2O/c1-10(13-8-9-14(15)18-13)16-11-4-6-12(7-5-11)17(2)3/h4-10,16H,1-3H3. The molecule has 1 aromatic heterocycles. The van der Waals surface area contributed by atoms with Crippen molar-refractivity contribution in [3.63, 3.8) is 0 Å². The van der Waals surface area contributed by atoms with E-state index in [0.717, 1.165) is 16.1 Å². The van der Waals surface area contributed by atoms with Crippen LogP contribution in [0, 0.1) is 0 Å². The van der Waals surface area contributed by atoms with Gasteiger partial charge in [0, 0.05) is 25.5 Å². The third kappa shape index (κ3) is 3.07. The third-order valence-electron chi connectivity index (χ3n) is 2.79. The fraction of sp³-hybridized carbons (Fsp3) is 0.286. The van der Waals surface area contributed by atoms with E-state index >= 15 is 0 Å². The Hall–Kier alpha value is -1.42. The monoisotopic (exact) mass is 308 g/mol. The molecule has 4 heteroatoms. The van der Waals surface area contributed by atoms with Crippen LogP contribution in [0.25, 0.3) is 0 Å². The van der Waals surface area contributed by atoms with Gasteiger partial charge in [0.25, 0.3) is 0 Å². The third-order valence-corrected chi connectivity index (χ3v) is 3.21. The summed E-state index contributed by atoms with van der Waals surface area (Å²) in [5.41, 5.74) is 2.27. The largest absolute Gasteiger partial charge is 0.452 e. The van der Waals surface area contributed by atoms with Crippen LogP contribution in [-0.4, -0.2) is 14.1 Å². The summed E-state index contributed by atoms with van der Waals surface area (Å²) in [6, 6.07) is 12.3. The minimum atomic E-state index is 0.140. The van der Waals surface area contributed by atoms with Gasteiger partial charge in [-0.15, -0.1) is 0 Å². The van der Waals surface area contributed by atoms with Crippen LogP contribution in [0.15, 0.2) is 45.5 Å². The number of hydrogen-bond acceptors (Lipinski definition) is 3. The van der Waals surface area contributed by atoms with Crippen LogP contribution in [0.5, 0.6) is 0 Å². The van der Waals surface area contributed by atoms with Crippen LogP contribution in [0.3, 0.4) is 0 Å². The maximum absolute atomic E-state index is 5.53. The van der Waals surface area contributed by atoms with Crippen molar-refractivity contribution in [3.05, 3.63) is 46.8 Å². The van der Waals surface area contributed by atoms with Gasteiger partial charge in [0.15, 0.2) is 4.67 Å². The Balaban J connectivity index is 2.05. The minimum Gasteiger partial charge on any atom is -0.452 e. The van der Waals surface area contributed by atoms with E-state index in [1.807, 2.05) is 26.2 Å². The van der Waals surface area contributed by atoms with Gasteiger partial charge in [-0.3, -0.25) is 0 Å². The number of nitrogens with one attached hydrogen (secondary N) is 1. The van der Waals surface area contributed by atoms with Crippen LogP contribution in [0.2, 0.25) is 0 Å². The number of anilines is 2. The summed E-state index contributed by atoms with van der Waals surface area (Å²) in [7, 11) is 4.07. The van der Waals surface area contributed by atoms with E-state index in [0.29, 0.717) is 0 Å². The van der Waals surface area contributed by atoms with Crippen LogP contribution in [0.1, 0.15) is 18.7 Å². The first-order valence-corrected chi connectivity index (χ1v) is 6.65. The molecule has 96 valence electrons. The van der Waals surface area contributed by atoms with Gasteiger partial charge in [-0.25, -0.2) is 0 Å². The van der Waals surface area contributed by atoms with Gasteiger partial charge < -0.3 is 14.6 Å². The summed E-state index contributed by atoms with van der Waals surface area (Å²) in [5.74, 6) is 0.915. The Labute approximate surface area is 116 Å². The van der Waals surface area contributed by atoms with E-state index in [2.05, 4.69) is 57.3 Å². The molecule has 0 aliphatic rings. The normalized spacial score (nSPS) is 12.2. The molecule has 1 atom stereocenters. The minimum absolute atomic E-state index is 0.140. The van der Waals surface area contributed by atoms with Crippen molar-refractivity contribution < 1.29 is 4.42 Å². The smallest absolute Gasteiger partial charge is 0.169 e. The van der Waals surface area contributed by atoms with E-state index in [4.69, 9.17) is 4.42 Å². The van der Waals surface area contributed by atoms with Crippen molar-refractivity contribution in [2.24, 2.45) is 0 Å². The van der Waals surface area contributed by atoms with Gasteiger partial charge in [-0.2, -0.15) is 0 Å². The Morgan fingerprint density at radius 1 is 1.11 bits per heavy atom. The zero-order chi connectivity index (χ0) is 13.1. The maximum Gasteiger partial charge on any atom is 0.169 e. The van der Waals surface area contributed by atoms with Crippen LogP contribution >= 0.6 is 15.9 Å². The van der Waals surface area contributed by atoms with Gasteiger partial charge in [-0.1, -0.05) is 0 Å². The molecular formula is C14H17BrN2O. The van der Waals surface area contributed by atoms with E-state index < -0.39 is 0 Å². The second kappa shape index (κ2) is 5.48. The Morgan fingerprint density at radius 2 is 1.78 bits per heavy atom. The number of benzene rings is 1. The maximum atomic E-state index is 5.53. The fourth-order valence-electron chi connectivity index (χ4n) is 1.74. The van der Waals surface area contributed by atoms with E-state index in [-0.39, 0.29) is 6.04 Å². The number of halogens is 1. The van der Waals surface area contributed by atoms with Gasteiger partial charge >= 0.3 is 0 Å².